The lowest BCUT2D eigenvalue weighted by Crippen LogP contribution is -2.24. The molecule has 5 heteroatoms. The van der Waals surface area contributed by atoms with Crippen LogP contribution in [0.1, 0.15) is 18.1 Å². The van der Waals surface area contributed by atoms with Crippen molar-refractivity contribution in [1.82, 2.24) is 5.32 Å². The molecule has 1 N–H and O–H groups in total. The Balaban J connectivity index is 1.70. The third-order valence-electron chi connectivity index (χ3n) is 3.03. The predicted octanol–water partition coefficient (Wildman–Crippen LogP) is 3.55. The molecule has 2 aromatic rings. The zero-order chi connectivity index (χ0) is 17.2. The van der Waals surface area contributed by atoms with E-state index >= 15 is 0 Å². The van der Waals surface area contributed by atoms with Gasteiger partial charge in [0.25, 0.3) is 0 Å². The maximum Gasteiger partial charge on any atom is 0.407 e. The van der Waals surface area contributed by atoms with Crippen LogP contribution in [0.5, 0.6) is 5.75 Å². The van der Waals surface area contributed by atoms with Crippen molar-refractivity contribution in [3.63, 3.8) is 0 Å². The summed E-state index contributed by atoms with van der Waals surface area (Å²) in [6.07, 6.45) is 3.20. The predicted molar refractivity (Wildman–Crippen MR) is 91.4 cm³/mol. The van der Waals surface area contributed by atoms with Crippen molar-refractivity contribution >= 4 is 18.1 Å². The van der Waals surface area contributed by atoms with Crippen LogP contribution in [0, 0.1) is 0 Å². The summed E-state index contributed by atoms with van der Waals surface area (Å²) < 4.78 is 10.1. The summed E-state index contributed by atoms with van der Waals surface area (Å²) >= 11 is 0. The topological polar surface area (TPSA) is 64.6 Å². The van der Waals surface area contributed by atoms with E-state index in [1.807, 2.05) is 54.6 Å². The van der Waals surface area contributed by atoms with Crippen LogP contribution in [0.25, 0.3) is 6.08 Å². The average Bonchev–Trinajstić information content (AvgIpc) is 2.59. The molecule has 0 aliphatic rings. The van der Waals surface area contributed by atoms with Gasteiger partial charge in [-0.1, -0.05) is 54.6 Å². The van der Waals surface area contributed by atoms with Gasteiger partial charge in [-0.15, -0.1) is 0 Å². The average molecular weight is 325 g/mol. The van der Waals surface area contributed by atoms with Crippen molar-refractivity contribution in [1.29, 1.82) is 0 Å². The highest BCUT2D eigenvalue weighted by Gasteiger charge is 2.00. The van der Waals surface area contributed by atoms with E-state index in [1.54, 1.807) is 12.1 Å². The molecule has 0 aromatic heterocycles. The van der Waals surface area contributed by atoms with Gasteiger partial charge in [-0.25, -0.2) is 4.79 Å². The second-order valence-electron chi connectivity index (χ2n) is 5.01. The molecule has 0 saturated heterocycles. The van der Waals surface area contributed by atoms with E-state index in [9.17, 15) is 9.59 Å². The summed E-state index contributed by atoms with van der Waals surface area (Å²) in [6.45, 7) is 1.96. The number of hydrogen-bond donors (Lipinski definition) is 1. The van der Waals surface area contributed by atoms with Crippen molar-refractivity contribution in [3.8, 4) is 5.75 Å². The largest absolute Gasteiger partial charge is 0.445 e. The third kappa shape index (κ3) is 6.36. The summed E-state index contributed by atoms with van der Waals surface area (Å²) in [5.41, 5.74) is 1.88. The number of nitrogens with one attached hydrogen (secondary N) is 1. The Morgan fingerprint density at radius 1 is 1.04 bits per heavy atom. The highest BCUT2D eigenvalue weighted by molar-refractivity contribution is 5.69. The Labute approximate surface area is 140 Å². The molecular weight excluding hydrogens is 306 g/mol. The lowest BCUT2D eigenvalue weighted by Gasteiger charge is -2.05. The number of carbonyl (C=O) groups is 2. The van der Waals surface area contributed by atoms with Crippen LogP contribution in [0.3, 0.4) is 0 Å². The van der Waals surface area contributed by atoms with Crippen LogP contribution >= 0.6 is 0 Å². The van der Waals surface area contributed by atoms with Gasteiger partial charge >= 0.3 is 12.1 Å². The molecule has 0 radical (unpaired) electrons. The van der Waals surface area contributed by atoms with Crippen LogP contribution in [-0.4, -0.2) is 18.6 Å². The van der Waals surface area contributed by atoms with Gasteiger partial charge in [0.05, 0.1) is 0 Å². The van der Waals surface area contributed by atoms with Gasteiger partial charge in [-0.2, -0.15) is 0 Å². The second-order valence-corrected chi connectivity index (χ2v) is 5.01. The van der Waals surface area contributed by atoms with Gasteiger partial charge in [-0.05, 0) is 23.3 Å². The first-order valence-electron chi connectivity index (χ1n) is 7.53. The second kappa shape index (κ2) is 9.15. The molecule has 2 aromatic carbocycles. The molecule has 0 fully saturated rings. The quantitative estimate of drug-likeness (QED) is 0.651. The first kappa shape index (κ1) is 17.3. The zero-order valence-corrected chi connectivity index (χ0v) is 13.4. The van der Waals surface area contributed by atoms with Crippen molar-refractivity contribution in [2.45, 2.75) is 13.5 Å². The summed E-state index contributed by atoms with van der Waals surface area (Å²) in [7, 11) is 0. The molecule has 124 valence electrons. The molecule has 0 saturated carbocycles. The van der Waals surface area contributed by atoms with E-state index in [0.717, 1.165) is 11.1 Å². The Morgan fingerprint density at radius 2 is 1.75 bits per heavy atom. The van der Waals surface area contributed by atoms with Gasteiger partial charge in [0.15, 0.2) is 0 Å². The van der Waals surface area contributed by atoms with Crippen molar-refractivity contribution in [3.05, 3.63) is 71.8 Å². The van der Waals surface area contributed by atoms with Gasteiger partial charge in [0.1, 0.15) is 12.4 Å². The van der Waals surface area contributed by atoms with Gasteiger partial charge in [0, 0.05) is 13.5 Å². The fraction of sp³-hybridized carbons (Fsp3) is 0.158. The van der Waals surface area contributed by atoms with Crippen LogP contribution in [0.15, 0.2) is 60.7 Å². The van der Waals surface area contributed by atoms with Crippen LogP contribution < -0.4 is 10.1 Å². The Bertz CT molecular complexity index is 693. The summed E-state index contributed by atoms with van der Waals surface area (Å²) in [4.78, 5) is 22.4. The number of amides is 1. The Morgan fingerprint density at radius 3 is 2.42 bits per heavy atom. The first-order valence-corrected chi connectivity index (χ1v) is 7.53. The maximum atomic E-state index is 11.6. The van der Waals surface area contributed by atoms with E-state index in [1.165, 1.54) is 6.92 Å². The minimum Gasteiger partial charge on any atom is -0.445 e. The zero-order valence-electron chi connectivity index (χ0n) is 13.4. The Kier molecular flexibility index (Phi) is 6.58. The molecule has 0 unspecified atom stereocenters. The summed E-state index contributed by atoms with van der Waals surface area (Å²) in [5.74, 6) is 0.152. The number of carbonyl (C=O) groups excluding carboxylic acids is 2. The molecular formula is C19H19NO4. The van der Waals surface area contributed by atoms with Crippen molar-refractivity contribution in [2.75, 3.05) is 6.54 Å². The molecule has 5 nitrogen and oxygen atoms in total. The van der Waals surface area contributed by atoms with Crippen LogP contribution in [0.2, 0.25) is 0 Å². The maximum absolute atomic E-state index is 11.6. The summed E-state index contributed by atoms with van der Waals surface area (Å²) in [5, 5.41) is 2.64. The smallest absolute Gasteiger partial charge is 0.407 e. The molecule has 0 spiro atoms. The summed E-state index contributed by atoms with van der Waals surface area (Å²) in [6, 6.07) is 16.6. The number of hydrogen-bond acceptors (Lipinski definition) is 4. The lowest BCUT2D eigenvalue weighted by atomic mass is 10.2. The molecule has 0 heterocycles. The van der Waals surface area contributed by atoms with Crippen molar-refractivity contribution in [2.24, 2.45) is 0 Å². The number of esters is 1. The SMILES string of the molecule is CC(=O)Oc1ccc(C=CCNC(=O)OCc2ccccc2)cc1. The van der Waals surface area contributed by atoms with E-state index in [4.69, 9.17) is 9.47 Å². The number of ether oxygens (including phenoxy) is 2. The third-order valence-corrected chi connectivity index (χ3v) is 3.03. The molecule has 0 aliphatic carbocycles. The van der Waals surface area contributed by atoms with E-state index in [0.29, 0.717) is 12.3 Å². The van der Waals surface area contributed by atoms with Crippen molar-refractivity contribution < 1.29 is 19.1 Å². The van der Waals surface area contributed by atoms with E-state index in [2.05, 4.69) is 5.32 Å². The molecule has 1 amide bonds. The highest BCUT2D eigenvalue weighted by atomic mass is 16.5. The fourth-order valence-electron chi connectivity index (χ4n) is 1.92. The molecule has 24 heavy (non-hydrogen) atoms. The Hall–Kier alpha value is -3.08. The monoisotopic (exact) mass is 325 g/mol. The van der Waals surface area contributed by atoms with E-state index < -0.39 is 6.09 Å². The van der Waals surface area contributed by atoms with Crippen LogP contribution in [-0.2, 0) is 16.1 Å². The van der Waals surface area contributed by atoms with Gasteiger partial charge in [0.2, 0.25) is 0 Å². The van der Waals surface area contributed by atoms with Gasteiger partial charge < -0.3 is 14.8 Å². The first-order chi connectivity index (χ1) is 11.6. The molecule has 0 bridgehead atoms. The fourth-order valence-corrected chi connectivity index (χ4v) is 1.92. The van der Waals surface area contributed by atoms with E-state index in [-0.39, 0.29) is 12.6 Å². The van der Waals surface area contributed by atoms with Gasteiger partial charge in [-0.3, -0.25) is 4.79 Å². The minimum atomic E-state index is -0.464. The number of rotatable bonds is 6. The standard InChI is InChI=1S/C19H19NO4/c1-15(21)24-18-11-9-16(10-12-18)8-5-13-20-19(22)23-14-17-6-3-2-4-7-17/h2-12H,13-14H2,1H3,(H,20,22). The normalized spacial score (nSPS) is 10.4. The minimum absolute atomic E-state index is 0.244. The van der Waals surface area contributed by atoms with Crippen LogP contribution in [0.4, 0.5) is 4.79 Å². The lowest BCUT2D eigenvalue weighted by molar-refractivity contribution is -0.131. The highest BCUT2D eigenvalue weighted by Crippen LogP contribution is 2.13. The number of alkyl carbamates (subject to hydrolysis) is 1. The molecule has 0 atom stereocenters. The molecule has 0 aliphatic heterocycles. The number of benzene rings is 2. The molecule has 2 rings (SSSR count).